The van der Waals surface area contributed by atoms with Crippen LogP contribution in [0.25, 0.3) is 0 Å². The van der Waals surface area contributed by atoms with Gasteiger partial charge in [-0.3, -0.25) is 4.79 Å². The first kappa shape index (κ1) is 18.4. The van der Waals surface area contributed by atoms with Gasteiger partial charge < -0.3 is 15.0 Å². The Morgan fingerprint density at radius 3 is 2.62 bits per heavy atom. The second-order valence-electron chi connectivity index (χ2n) is 7.63. The normalized spacial score (nSPS) is 24.0. The number of unbranched alkanes of at least 4 members (excludes halogenated alkanes) is 1. The Morgan fingerprint density at radius 2 is 2.05 bits per heavy atom. The van der Waals surface area contributed by atoms with Crippen LogP contribution in [0.2, 0.25) is 0 Å². The van der Waals surface area contributed by atoms with E-state index in [-0.39, 0.29) is 5.97 Å². The molecule has 1 N–H and O–H groups in total. The van der Waals surface area contributed by atoms with Crippen LogP contribution in [0.5, 0.6) is 0 Å². The summed E-state index contributed by atoms with van der Waals surface area (Å²) in [6.07, 6.45) is 4.08. The average Bonchev–Trinajstić information content (AvgIpc) is 2.42. The van der Waals surface area contributed by atoms with Gasteiger partial charge in [-0.25, -0.2) is 0 Å². The highest BCUT2D eigenvalue weighted by Crippen LogP contribution is 2.22. The molecule has 0 saturated carbocycles. The first-order valence-electron chi connectivity index (χ1n) is 8.36. The lowest BCUT2D eigenvalue weighted by Gasteiger charge is -2.39. The van der Waals surface area contributed by atoms with Crippen LogP contribution in [-0.4, -0.2) is 50.2 Å². The number of likely N-dealkylation sites (tertiary alicyclic amines) is 1. The van der Waals surface area contributed by atoms with Crippen LogP contribution >= 0.6 is 0 Å². The van der Waals surface area contributed by atoms with Gasteiger partial charge in [-0.05, 0) is 30.7 Å². The Bertz CT molecular complexity index is 312. The molecule has 1 rings (SSSR count). The summed E-state index contributed by atoms with van der Waals surface area (Å²) in [6, 6.07) is 0.490. The largest absolute Gasteiger partial charge is 0.469 e. The van der Waals surface area contributed by atoms with Crippen LogP contribution in [-0.2, 0) is 9.53 Å². The molecule has 21 heavy (non-hydrogen) atoms. The lowest BCUT2D eigenvalue weighted by Crippen LogP contribution is -2.51. The maximum atomic E-state index is 11.6. The quantitative estimate of drug-likeness (QED) is 0.734. The molecule has 0 bridgehead atoms. The molecule has 1 aliphatic heterocycles. The fraction of sp³-hybridized carbons (Fsp3) is 0.941. The first-order valence-corrected chi connectivity index (χ1v) is 8.36. The van der Waals surface area contributed by atoms with Gasteiger partial charge in [0.2, 0.25) is 0 Å². The van der Waals surface area contributed by atoms with E-state index in [1.54, 1.807) is 0 Å². The number of methoxy groups -OCH3 is 1. The number of carbonyl (C=O) groups is 1. The minimum atomic E-state index is -0.0769. The zero-order valence-electron chi connectivity index (χ0n) is 14.6. The minimum absolute atomic E-state index is 0.0769. The molecule has 0 aliphatic carbocycles. The van der Waals surface area contributed by atoms with Crippen molar-refractivity contribution in [3.8, 4) is 0 Å². The molecule has 2 atom stereocenters. The highest BCUT2D eigenvalue weighted by atomic mass is 16.5. The van der Waals surface area contributed by atoms with E-state index in [2.05, 4.69) is 37.9 Å². The van der Waals surface area contributed by atoms with Gasteiger partial charge in [-0.1, -0.05) is 34.1 Å². The predicted octanol–water partition coefficient (Wildman–Crippen LogP) is 2.68. The second-order valence-corrected chi connectivity index (χ2v) is 7.63. The summed E-state index contributed by atoms with van der Waals surface area (Å²) in [7, 11) is 1.48. The Balaban J connectivity index is 2.54. The average molecular weight is 298 g/mol. The number of hydrogen-bond donors (Lipinski definition) is 1. The molecule has 0 aromatic carbocycles. The van der Waals surface area contributed by atoms with E-state index in [9.17, 15) is 4.79 Å². The van der Waals surface area contributed by atoms with Crippen LogP contribution in [0, 0.1) is 11.3 Å². The maximum absolute atomic E-state index is 11.6. The molecule has 0 radical (unpaired) electrons. The van der Waals surface area contributed by atoms with E-state index >= 15 is 0 Å². The Hall–Kier alpha value is -0.610. The van der Waals surface area contributed by atoms with Gasteiger partial charge in [-0.15, -0.1) is 0 Å². The van der Waals surface area contributed by atoms with E-state index in [0.29, 0.717) is 23.8 Å². The number of piperidine rings is 1. The van der Waals surface area contributed by atoms with E-state index in [0.717, 1.165) is 32.6 Å². The fourth-order valence-electron chi connectivity index (χ4n) is 2.93. The summed E-state index contributed by atoms with van der Waals surface area (Å²) in [5.41, 5.74) is 0.295. The predicted molar refractivity (Wildman–Crippen MR) is 87.3 cm³/mol. The summed E-state index contributed by atoms with van der Waals surface area (Å²) in [4.78, 5) is 14.1. The highest BCUT2D eigenvalue weighted by Gasteiger charge is 2.29. The van der Waals surface area contributed by atoms with Crippen molar-refractivity contribution in [3.63, 3.8) is 0 Å². The lowest BCUT2D eigenvalue weighted by molar-refractivity contribution is -0.142. The third-order valence-corrected chi connectivity index (χ3v) is 4.04. The van der Waals surface area contributed by atoms with Crippen molar-refractivity contribution in [2.45, 2.75) is 59.4 Å². The maximum Gasteiger partial charge on any atom is 0.305 e. The number of nitrogens with zero attached hydrogens (tertiary/aromatic N) is 1. The number of esters is 1. The Kier molecular flexibility index (Phi) is 7.67. The van der Waals surface area contributed by atoms with Gasteiger partial charge in [0, 0.05) is 32.1 Å². The summed E-state index contributed by atoms with van der Waals surface area (Å²) in [5.74, 6) is 0.340. The molecule has 4 heteroatoms. The molecule has 2 unspecified atom stereocenters. The number of hydrogen-bond acceptors (Lipinski definition) is 4. The number of ether oxygens (including phenoxy) is 1. The minimum Gasteiger partial charge on any atom is -0.469 e. The van der Waals surface area contributed by atoms with Gasteiger partial charge in [0.1, 0.15) is 0 Å². The monoisotopic (exact) mass is 298 g/mol. The third-order valence-electron chi connectivity index (χ3n) is 4.04. The van der Waals surface area contributed by atoms with Crippen molar-refractivity contribution in [1.29, 1.82) is 0 Å². The molecule has 0 amide bonds. The fourth-order valence-corrected chi connectivity index (χ4v) is 2.93. The van der Waals surface area contributed by atoms with Gasteiger partial charge in [0.05, 0.1) is 7.11 Å². The summed E-state index contributed by atoms with van der Waals surface area (Å²) in [5, 5.41) is 3.70. The molecular weight excluding hydrogens is 264 g/mol. The molecule has 1 fully saturated rings. The number of nitrogens with one attached hydrogen (secondary N) is 1. The van der Waals surface area contributed by atoms with Crippen LogP contribution < -0.4 is 5.32 Å². The topological polar surface area (TPSA) is 41.6 Å². The van der Waals surface area contributed by atoms with Crippen LogP contribution in [0.15, 0.2) is 0 Å². The van der Waals surface area contributed by atoms with Crippen molar-refractivity contribution in [2.75, 3.05) is 33.3 Å². The summed E-state index contributed by atoms with van der Waals surface area (Å²) >= 11 is 0. The molecule has 1 saturated heterocycles. The van der Waals surface area contributed by atoms with E-state index < -0.39 is 0 Å². The molecular formula is C17H34N2O2. The third kappa shape index (κ3) is 7.82. The van der Waals surface area contributed by atoms with E-state index in [1.807, 2.05) is 0 Å². The van der Waals surface area contributed by atoms with Crippen molar-refractivity contribution in [3.05, 3.63) is 0 Å². The first-order chi connectivity index (χ1) is 9.84. The number of rotatable bonds is 7. The van der Waals surface area contributed by atoms with E-state index in [1.165, 1.54) is 20.0 Å². The summed E-state index contributed by atoms with van der Waals surface area (Å²) in [6.45, 7) is 13.3. The standard InChI is InChI=1S/C17H34N2O2/c1-6-7-8-19-11-14(10-16(20)21-5)9-15(12-19)18-13-17(2,3)4/h14-15,18H,6-13H2,1-5H3. The van der Waals surface area contributed by atoms with Crippen molar-refractivity contribution < 1.29 is 9.53 Å². The van der Waals surface area contributed by atoms with Crippen LogP contribution in [0.1, 0.15) is 53.4 Å². The molecule has 0 aromatic heterocycles. The van der Waals surface area contributed by atoms with Gasteiger partial charge >= 0.3 is 5.97 Å². The van der Waals surface area contributed by atoms with Crippen LogP contribution in [0.4, 0.5) is 0 Å². The Morgan fingerprint density at radius 1 is 1.33 bits per heavy atom. The smallest absolute Gasteiger partial charge is 0.305 e. The molecule has 1 aliphatic rings. The highest BCUT2D eigenvalue weighted by molar-refractivity contribution is 5.69. The van der Waals surface area contributed by atoms with Gasteiger partial charge in [-0.2, -0.15) is 0 Å². The SMILES string of the molecule is CCCCN1CC(CC(=O)OC)CC(NCC(C)(C)C)C1. The number of carbonyl (C=O) groups excluding carboxylic acids is 1. The van der Waals surface area contributed by atoms with Crippen LogP contribution in [0.3, 0.4) is 0 Å². The van der Waals surface area contributed by atoms with Gasteiger partial charge in [0.25, 0.3) is 0 Å². The zero-order chi connectivity index (χ0) is 15.9. The zero-order valence-corrected chi connectivity index (χ0v) is 14.6. The van der Waals surface area contributed by atoms with Crippen molar-refractivity contribution in [1.82, 2.24) is 10.2 Å². The molecule has 124 valence electrons. The molecule has 0 aromatic rings. The Labute approximate surface area is 130 Å². The molecule has 1 heterocycles. The second kappa shape index (κ2) is 8.74. The van der Waals surface area contributed by atoms with Crippen molar-refractivity contribution in [2.24, 2.45) is 11.3 Å². The molecule has 4 nitrogen and oxygen atoms in total. The molecule has 0 spiro atoms. The van der Waals surface area contributed by atoms with E-state index in [4.69, 9.17) is 4.74 Å². The summed E-state index contributed by atoms with van der Waals surface area (Å²) < 4.78 is 4.84. The lowest BCUT2D eigenvalue weighted by atomic mass is 9.90. The van der Waals surface area contributed by atoms with Crippen molar-refractivity contribution >= 4 is 5.97 Å². The van der Waals surface area contributed by atoms with Gasteiger partial charge in [0.15, 0.2) is 0 Å².